The highest BCUT2D eigenvalue weighted by molar-refractivity contribution is 6.35. The second-order valence-electron chi connectivity index (χ2n) is 18.1. The van der Waals surface area contributed by atoms with E-state index in [-0.39, 0.29) is 64.9 Å². The Morgan fingerprint density at radius 2 is 1.51 bits per heavy atom. The highest BCUT2D eigenvalue weighted by Gasteiger charge is 2.39. The molecule has 0 unspecified atom stereocenters. The number of likely N-dealkylation sites (tertiary alicyclic amines) is 1. The van der Waals surface area contributed by atoms with E-state index in [1.807, 2.05) is 66.7 Å². The number of carbonyl (C=O) groups is 3. The summed E-state index contributed by atoms with van der Waals surface area (Å²) in [6.07, 6.45) is 7.09. The molecule has 10 rings (SSSR count). The molecule has 4 atom stereocenters. The monoisotopic (exact) mass is 967 g/mol. The average molecular weight is 969 g/mol. The van der Waals surface area contributed by atoms with Gasteiger partial charge in [0.2, 0.25) is 0 Å². The van der Waals surface area contributed by atoms with Crippen LogP contribution < -0.4 is 14.2 Å². The molecule has 68 heavy (non-hydrogen) atoms. The predicted octanol–water partition coefficient (Wildman–Crippen LogP) is 10.6. The molecule has 5 heterocycles. The lowest BCUT2D eigenvalue weighted by atomic mass is 9.85. The van der Waals surface area contributed by atoms with E-state index in [0.29, 0.717) is 60.3 Å². The highest BCUT2D eigenvalue weighted by Crippen LogP contribution is 2.39. The van der Waals surface area contributed by atoms with Crippen LogP contribution in [0.1, 0.15) is 95.1 Å². The first-order valence-corrected chi connectivity index (χ1v) is 24.1. The van der Waals surface area contributed by atoms with Crippen molar-refractivity contribution in [2.45, 2.75) is 88.8 Å². The van der Waals surface area contributed by atoms with Crippen LogP contribution in [0.5, 0.6) is 17.2 Å². The normalized spacial score (nSPS) is 20.7. The molecule has 0 spiro atoms. The molecule has 1 aromatic heterocycles. The molecule has 15 heteroatoms. The van der Waals surface area contributed by atoms with Crippen molar-refractivity contribution in [1.82, 2.24) is 14.8 Å². The van der Waals surface area contributed by atoms with Crippen molar-refractivity contribution in [3.05, 3.63) is 153 Å². The summed E-state index contributed by atoms with van der Waals surface area (Å²) in [5.74, 6) is -0.0509. The number of hydrogen-bond acceptors (Lipinski definition) is 10. The maximum absolute atomic E-state index is 14.1. The molecule has 5 fully saturated rings. The van der Waals surface area contributed by atoms with Gasteiger partial charge in [-0.1, -0.05) is 83.9 Å². The molecule has 5 aliphatic rings. The second kappa shape index (κ2) is 21.7. The molecule has 4 aromatic carbocycles. The summed E-state index contributed by atoms with van der Waals surface area (Å²) in [5.41, 5.74) is 4.08. The largest absolute Gasteiger partial charge is 0.489 e. The van der Waals surface area contributed by atoms with Crippen LogP contribution in [0.2, 0.25) is 10.0 Å². The number of benzene rings is 4. The van der Waals surface area contributed by atoms with Crippen LogP contribution in [0, 0.1) is 11.8 Å². The molecule has 2 bridgehead atoms. The van der Waals surface area contributed by atoms with Gasteiger partial charge in [-0.2, -0.15) is 8.78 Å². The quantitative estimate of drug-likeness (QED) is 0.0741. The van der Waals surface area contributed by atoms with Gasteiger partial charge in [-0.25, -0.2) is 4.79 Å². The van der Waals surface area contributed by atoms with Crippen LogP contribution in [0.3, 0.4) is 0 Å². The van der Waals surface area contributed by atoms with E-state index in [0.717, 1.165) is 62.0 Å². The Bertz CT molecular complexity index is 2540. The molecule has 1 aliphatic carbocycles. The molecular formula is C53H53Cl2F2N3O8. The van der Waals surface area contributed by atoms with Gasteiger partial charge in [0.15, 0.2) is 11.5 Å². The third kappa shape index (κ3) is 11.7. The first-order valence-electron chi connectivity index (χ1n) is 23.3. The number of fused-ring (bicyclic) bond motifs is 3. The summed E-state index contributed by atoms with van der Waals surface area (Å²) >= 11 is 13.0. The van der Waals surface area contributed by atoms with Crippen LogP contribution in [0.15, 0.2) is 109 Å². The first-order chi connectivity index (χ1) is 33.0. The van der Waals surface area contributed by atoms with E-state index in [1.165, 1.54) is 35.5 Å². The maximum Gasteiger partial charge on any atom is 0.387 e. The van der Waals surface area contributed by atoms with Crippen LogP contribution in [0.25, 0.3) is 0 Å². The van der Waals surface area contributed by atoms with Crippen LogP contribution >= 0.6 is 23.2 Å². The van der Waals surface area contributed by atoms with Crippen molar-refractivity contribution >= 4 is 41.0 Å². The first kappa shape index (κ1) is 47.3. The van der Waals surface area contributed by atoms with E-state index in [9.17, 15) is 23.2 Å². The van der Waals surface area contributed by atoms with Gasteiger partial charge in [0.25, 0.3) is 5.91 Å². The Morgan fingerprint density at radius 3 is 2.22 bits per heavy atom. The van der Waals surface area contributed by atoms with Gasteiger partial charge in [-0.15, -0.1) is 0 Å². The lowest BCUT2D eigenvalue weighted by molar-refractivity contribution is -0.159. The highest BCUT2D eigenvalue weighted by atomic mass is 35.5. The summed E-state index contributed by atoms with van der Waals surface area (Å²) < 4.78 is 56.0. The van der Waals surface area contributed by atoms with Crippen LogP contribution in [-0.2, 0) is 32.1 Å². The molecule has 11 nitrogen and oxygen atoms in total. The van der Waals surface area contributed by atoms with Gasteiger partial charge >= 0.3 is 18.6 Å². The number of piperidine rings is 3. The molecule has 0 N–H and O–H groups in total. The van der Waals surface area contributed by atoms with Gasteiger partial charge in [-0.3, -0.25) is 19.5 Å². The molecule has 0 radical (unpaired) electrons. The lowest BCUT2D eigenvalue weighted by Gasteiger charge is -2.44. The Kier molecular flexibility index (Phi) is 15.1. The van der Waals surface area contributed by atoms with Crippen molar-refractivity contribution in [3.8, 4) is 17.2 Å². The Morgan fingerprint density at radius 1 is 0.765 bits per heavy atom. The summed E-state index contributed by atoms with van der Waals surface area (Å²) in [5, 5.41) is 0.512. The van der Waals surface area contributed by atoms with E-state index >= 15 is 0 Å². The Balaban J connectivity index is 0.854. The molecule has 1 amide bonds. The number of rotatable bonds is 19. The average Bonchev–Trinajstić information content (AvgIpc) is 4.06. The maximum atomic E-state index is 14.1. The topological polar surface area (TPSA) is 117 Å². The SMILES string of the molecule is O=C(C[C@@H](c1ccccc1)c1cccc(OCc2ccc(C(=O)N3CCC[C@H]3C(=O)O[C@@H](Cc3c(Cl)cncc3Cl)c3ccc(OC(F)F)c(OCC4CC4)c3)cc2)c1)O[C@H]1CN2CCC1CC2. The number of nitrogens with zero attached hydrogens (tertiary/aromatic N) is 3. The summed E-state index contributed by atoms with van der Waals surface area (Å²) in [7, 11) is 0. The standard InChI is InChI=1S/C53H53Cl2F2N3O8/c54-43-28-58-29-44(55)42(43)26-47(39-17-18-46(68-53(56)57)48(25-39)65-32-33-11-12-33)67-52(63)45-10-5-21-60(45)51(62)37-15-13-34(14-16-37)31-64-40-9-4-8-38(24-40)41(35-6-2-1-3-7-35)27-50(61)66-49-30-59-22-19-36(49)20-23-59/h1-4,6-9,13-18,24-25,28-29,33,36,41,45,47,49,53H,5,10-12,19-23,26-27,30-32H2/t41-,45-,47-,49-/m0/s1. The molecule has 4 saturated heterocycles. The van der Waals surface area contributed by atoms with E-state index < -0.39 is 24.7 Å². The number of alkyl halides is 2. The predicted molar refractivity (Wildman–Crippen MR) is 251 cm³/mol. The number of aromatic nitrogens is 1. The van der Waals surface area contributed by atoms with E-state index in [4.69, 9.17) is 46.9 Å². The number of carbonyl (C=O) groups excluding carboxylic acids is 3. The summed E-state index contributed by atoms with van der Waals surface area (Å²) in [6, 6.07) is 28.3. The minimum absolute atomic E-state index is 0.0273. The van der Waals surface area contributed by atoms with Gasteiger partial charge in [0.1, 0.15) is 30.6 Å². The molecule has 4 aliphatic heterocycles. The Hall–Kier alpha value is -5.76. The van der Waals surface area contributed by atoms with E-state index in [2.05, 4.69) is 9.88 Å². The number of amides is 1. The molecular weight excluding hydrogens is 915 g/mol. The van der Waals surface area contributed by atoms with Crippen molar-refractivity contribution in [2.75, 3.05) is 32.8 Å². The second-order valence-corrected chi connectivity index (χ2v) is 18.9. The number of ether oxygens (including phenoxy) is 5. The van der Waals surface area contributed by atoms with Crippen molar-refractivity contribution in [3.63, 3.8) is 0 Å². The smallest absolute Gasteiger partial charge is 0.387 e. The molecule has 356 valence electrons. The number of hydrogen-bond donors (Lipinski definition) is 0. The van der Waals surface area contributed by atoms with E-state index in [1.54, 1.807) is 12.1 Å². The minimum Gasteiger partial charge on any atom is -0.489 e. The zero-order valence-corrected chi connectivity index (χ0v) is 39.0. The molecule has 5 aromatic rings. The fourth-order valence-corrected chi connectivity index (χ4v) is 10.0. The van der Waals surface area contributed by atoms with Crippen LogP contribution in [0.4, 0.5) is 8.78 Å². The zero-order chi connectivity index (χ0) is 47.1. The van der Waals surface area contributed by atoms with Gasteiger partial charge in [-0.05, 0) is 128 Å². The summed E-state index contributed by atoms with van der Waals surface area (Å²) in [6.45, 7) is 0.775. The third-order valence-electron chi connectivity index (χ3n) is 13.4. The fourth-order valence-electron chi connectivity index (χ4n) is 9.48. The van der Waals surface area contributed by atoms with Gasteiger partial charge in [0.05, 0.1) is 23.1 Å². The fraction of sp³-hybridized carbons (Fsp3) is 0.396. The number of halogens is 4. The Labute approximate surface area is 404 Å². The number of pyridine rings is 1. The lowest BCUT2D eigenvalue weighted by Crippen LogP contribution is -2.52. The molecule has 1 saturated carbocycles. The number of esters is 2. The third-order valence-corrected chi connectivity index (χ3v) is 14.1. The van der Waals surface area contributed by atoms with Gasteiger partial charge < -0.3 is 28.6 Å². The van der Waals surface area contributed by atoms with Crippen molar-refractivity contribution in [2.24, 2.45) is 11.8 Å². The van der Waals surface area contributed by atoms with Gasteiger partial charge in [0, 0.05) is 43.4 Å². The summed E-state index contributed by atoms with van der Waals surface area (Å²) in [4.78, 5) is 49.6. The van der Waals surface area contributed by atoms with Crippen LogP contribution in [-0.4, -0.2) is 84.2 Å². The zero-order valence-electron chi connectivity index (χ0n) is 37.5. The van der Waals surface area contributed by atoms with Crippen molar-refractivity contribution < 1.29 is 46.8 Å². The minimum atomic E-state index is -3.07. The van der Waals surface area contributed by atoms with Crippen molar-refractivity contribution in [1.29, 1.82) is 0 Å².